The third-order valence-corrected chi connectivity index (χ3v) is 9.95. The average molecular weight is 633 g/mol. The Kier molecular flexibility index (Phi) is 7.59. The van der Waals surface area contributed by atoms with Gasteiger partial charge < -0.3 is 4.74 Å². The average Bonchev–Trinajstić information content (AvgIpc) is 3.78. The van der Waals surface area contributed by atoms with Gasteiger partial charge in [-0.1, -0.05) is 115 Å². The maximum atomic E-state index is 6.24. The summed E-state index contributed by atoms with van der Waals surface area (Å²) in [6.45, 7) is 0. The van der Waals surface area contributed by atoms with Gasteiger partial charge in [0.1, 0.15) is 11.5 Å². The molecule has 0 fully saturated rings. The van der Waals surface area contributed by atoms with Gasteiger partial charge in [0.2, 0.25) is 0 Å². The highest BCUT2D eigenvalue weighted by molar-refractivity contribution is 5.87. The molecule has 4 aliphatic carbocycles. The van der Waals surface area contributed by atoms with E-state index in [-0.39, 0.29) is 0 Å². The molecule has 0 radical (unpaired) electrons. The van der Waals surface area contributed by atoms with Crippen LogP contribution in [0.25, 0.3) is 50.2 Å². The molecule has 0 N–H and O–H groups in total. The highest BCUT2D eigenvalue weighted by Crippen LogP contribution is 2.41. The molecule has 49 heavy (non-hydrogen) atoms. The van der Waals surface area contributed by atoms with E-state index in [1.165, 1.54) is 33.4 Å². The van der Waals surface area contributed by atoms with Crippen molar-refractivity contribution >= 4 is 16.7 Å². The second-order valence-corrected chi connectivity index (χ2v) is 13.2. The Hall–Kier alpha value is -5.80. The number of aromatic nitrogens is 2. The molecule has 4 aromatic carbocycles. The van der Waals surface area contributed by atoms with Gasteiger partial charge in [0, 0.05) is 11.1 Å². The van der Waals surface area contributed by atoms with E-state index in [1.807, 2.05) is 12.1 Å². The predicted molar refractivity (Wildman–Crippen MR) is 202 cm³/mol. The van der Waals surface area contributed by atoms with Crippen molar-refractivity contribution in [2.24, 2.45) is 0 Å². The van der Waals surface area contributed by atoms with Crippen molar-refractivity contribution in [1.82, 2.24) is 9.97 Å². The molecule has 4 aliphatic rings. The summed E-state index contributed by atoms with van der Waals surface area (Å²) < 4.78 is 6.24. The molecule has 3 heteroatoms. The molecular weight excluding hydrogens is 597 g/mol. The highest BCUT2D eigenvalue weighted by atomic mass is 16.5. The number of fused-ring (bicyclic) bond motifs is 2. The fourth-order valence-electron chi connectivity index (χ4n) is 7.27. The lowest BCUT2D eigenvalue weighted by molar-refractivity contribution is 0.483. The fraction of sp³-hybridized carbons (Fsp3) is 0.130. The largest absolute Gasteiger partial charge is 0.457 e. The minimum Gasteiger partial charge on any atom is -0.457 e. The fourth-order valence-corrected chi connectivity index (χ4v) is 7.27. The molecule has 1 heterocycles. The Morgan fingerprint density at radius 3 is 1.98 bits per heavy atom. The standard InChI is InChI=1S/C46H36N2O/c1-3-8-34(9-4-1)44-30-45(48-46(47-44)36-10-5-2-6-11-36)35-16-14-31(15-17-35)32-20-24-40(25-21-32)49-41-26-22-33(23-27-41)37-18-19-39-28-38-12-7-13-42(38)43(39)29-37/h1,3,5,7-8,10-11,13-27,29-30H,2,4,6,9,12,28H2. The first kappa shape index (κ1) is 29.3. The van der Waals surface area contributed by atoms with Crippen LogP contribution in [0.2, 0.25) is 0 Å². The molecule has 9 rings (SSSR count). The van der Waals surface area contributed by atoms with E-state index in [1.54, 1.807) is 5.57 Å². The number of rotatable bonds is 7. The minimum absolute atomic E-state index is 0.800. The molecule has 0 amide bonds. The van der Waals surface area contributed by atoms with Gasteiger partial charge in [0.25, 0.3) is 0 Å². The van der Waals surface area contributed by atoms with E-state index in [4.69, 9.17) is 14.7 Å². The molecule has 0 atom stereocenters. The van der Waals surface area contributed by atoms with Crippen LogP contribution in [-0.4, -0.2) is 9.97 Å². The Bertz CT molecular complexity index is 2260. The number of allylic oxidation sites excluding steroid dienone is 12. The quantitative estimate of drug-likeness (QED) is 0.179. The zero-order chi connectivity index (χ0) is 32.6. The van der Waals surface area contributed by atoms with Crippen molar-refractivity contribution in [2.75, 3.05) is 0 Å². The van der Waals surface area contributed by atoms with E-state index in [0.29, 0.717) is 0 Å². The minimum atomic E-state index is 0.800. The Balaban J connectivity index is 0.906. The normalized spacial score (nSPS) is 16.0. The lowest BCUT2D eigenvalue weighted by Crippen LogP contribution is -2.02. The second kappa shape index (κ2) is 12.7. The smallest absolute Gasteiger partial charge is 0.160 e. The van der Waals surface area contributed by atoms with E-state index in [0.717, 1.165) is 89.5 Å². The summed E-state index contributed by atoms with van der Waals surface area (Å²) in [5, 5.41) is 0. The first-order valence-electron chi connectivity index (χ1n) is 17.4. The number of hydrogen-bond acceptors (Lipinski definition) is 3. The molecule has 5 aromatic rings. The summed E-state index contributed by atoms with van der Waals surface area (Å²) in [4.78, 5) is 10.0. The van der Waals surface area contributed by atoms with Crippen molar-refractivity contribution in [1.29, 1.82) is 0 Å². The van der Waals surface area contributed by atoms with Gasteiger partial charge in [0.05, 0.1) is 11.4 Å². The molecule has 0 saturated carbocycles. The van der Waals surface area contributed by atoms with Gasteiger partial charge in [-0.3, -0.25) is 0 Å². The maximum Gasteiger partial charge on any atom is 0.160 e. The van der Waals surface area contributed by atoms with Crippen molar-refractivity contribution in [3.63, 3.8) is 0 Å². The SMILES string of the molecule is C1=CCCC(c2cc(-c3ccc(-c4ccc(Oc5ccc(-c6ccc7c(c6)C6=C(CC=C6)C7)cc5)cc4)cc3)nc(C3=CCCC=C3)n2)=C1. The molecular formula is C46H36N2O. The summed E-state index contributed by atoms with van der Waals surface area (Å²) >= 11 is 0. The van der Waals surface area contributed by atoms with Crippen LogP contribution in [0.15, 0.2) is 151 Å². The van der Waals surface area contributed by atoms with Gasteiger partial charge in [-0.15, -0.1) is 0 Å². The van der Waals surface area contributed by atoms with E-state index in [9.17, 15) is 0 Å². The van der Waals surface area contributed by atoms with Crippen molar-refractivity contribution in [2.45, 2.75) is 38.5 Å². The molecule has 0 aliphatic heterocycles. The molecule has 0 saturated heterocycles. The topological polar surface area (TPSA) is 35.0 Å². The number of nitrogens with zero attached hydrogens (tertiary/aromatic N) is 2. The monoisotopic (exact) mass is 632 g/mol. The summed E-state index contributed by atoms with van der Waals surface area (Å²) in [5.74, 6) is 2.44. The third-order valence-electron chi connectivity index (χ3n) is 9.95. The molecule has 0 bridgehead atoms. The van der Waals surface area contributed by atoms with Crippen LogP contribution in [0.3, 0.4) is 0 Å². The summed E-state index contributed by atoms with van der Waals surface area (Å²) in [7, 11) is 0. The maximum absolute atomic E-state index is 6.24. The third kappa shape index (κ3) is 5.93. The molecule has 3 nitrogen and oxygen atoms in total. The lowest BCUT2D eigenvalue weighted by atomic mass is 9.98. The number of hydrogen-bond donors (Lipinski definition) is 0. The van der Waals surface area contributed by atoms with Crippen LogP contribution in [0.1, 0.15) is 54.7 Å². The predicted octanol–water partition coefficient (Wildman–Crippen LogP) is 12.0. The van der Waals surface area contributed by atoms with E-state index < -0.39 is 0 Å². The van der Waals surface area contributed by atoms with E-state index >= 15 is 0 Å². The lowest BCUT2D eigenvalue weighted by Gasteiger charge is -2.14. The Labute approximate surface area is 288 Å². The molecule has 236 valence electrons. The summed E-state index contributed by atoms with van der Waals surface area (Å²) in [6.07, 6.45) is 24.0. The van der Waals surface area contributed by atoms with Crippen LogP contribution in [0, 0.1) is 0 Å². The highest BCUT2D eigenvalue weighted by Gasteiger charge is 2.22. The van der Waals surface area contributed by atoms with Gasteiger partial charge >= 0.3 is 0 Å². The Morgan fingerprint density at radius 2 is 1.27 bits per heavy atom. The van der Waals surface area contributed by atoms with Crippen LogP contribution >= 0.6 is 0 Å². The first-order valence-corrected chi connectivity index (χ1v) is 17.4. The van der Waals surface area contributed by atoms with Crippen molar-refractivity contribution in [3.05, 3.63) is 174 Å². The van der Waals surface area contributed by atoms with Gasteiger partial charge in [0.15, 0.2) is 5.82 Å². The second-order valence-electron chi connectivity index (χ2n) is 13.2. The van der Waals surface area contributed by atoms with E-state index in [2.05, 4.69) is 134 Å². The summed E-state index contributed by atoms with van der Waals surface area (Å²) in [5.41, 5.74) is 16.0. The van der Waals surface area contributed by atoms with Crippen molar-refractivity contribution in [3.8, 4) is 45.0 Å². The molecule has 0 spiro atoms. The zero-order valence-electron chi connectivity index (χ0n) is 27.4. The van der Waals surface area contributed by atoms with Crippen LogP contribution < -0.4 is 4.74 Å². The van der Waals surface area contributed by atoms with Gasteiger partial charge in [-0.2, -0.15) is 0 Å². The van der Waals surface area contributed by atoms with Gasteiger partial charge in [-0.25, -0.2) is 9.97 Å². The van der Waals surface area contributed by atoms with Crippen molar-refractivity contribution < 1.29 is 4.74 Å². The zero-order valence-corrected chi connectivity index (χ0v) is 27.4. The molecule has 1 aromatic heterocycles. The van der Waals surface area contributed by atoms with Gasteiger partial charge in [-0.05, 0) is 119 Å². The Morgan fingerprint density at radius 1 is 0.571 bits per heavy atom. The number of ether oxygens (including phenoxy) is 1. The van der Waals surface area contributed by atoms with Crippen LogP contribution in [0.5, 0.6) is 11.5 Å². The van der Waals surface area contributed by atoms with Crippen LogP contribution in [0.4, 0.5) is 0 Å². The summed E-state index contributed by atoms with van der Waals surface area (Å²) in [6, 6.07) is 34.4. The van der Waals surface area contributed by atoms with Crippen LogP contribution in [-0.2, 0) is 6.42 Å². The number of benzene rings is 4. The molecule has 0 unspecified atom stereocenters. The first-order chi connectivity index (χ1) is 24.2.